The zero-order valence-electron chi connectivity index (χ0n) is 16.7. The summed E-state index contributed by atoms with van der Waals surface area (Å²) in [5.74, 6) is -0.926. The number of carbonyl (C=O) groups is 2. The molecule has 5 rings (SSSR count). The fourth-order valence-electron chi connectivity index (χ4n) is 5.23. The minimum atomic E-state index is -1.24. The third-order valence-corrected chi connectivity index (χ3v) is 7.24. The minimum absolute atomic E-state index is 0.00446. The number of fused-ring (bicyclic) bond motifs is 3. The van der Waals surface area contributed by atoms with Gasteiger partial charge >= 0.3 is 12.1 Å². The van der Waals surface area contributed by atoms with Gasteiger partial charge in [-0.1, -0.05) is 48.5 Å². The lowest BCUT2D eigenvalue weighted by Crippen LogP contribution is -2.53. The van der Waals surface area contributed by atoms with Crippen molar-refractivity contribution in [2.75, 3.05) is 19.7 Å². The smallest absolute Gasteiger partial charge is 0.409 e. The van der Waals surface area contributed by atoms with Crippen molar-refractivity contribution in [2.24, 2.45) is 5.41 Å². The summed E-state index contributed by atoms with van der Waals surface area (Å²) in [4.78, 5) is 25.9. The summed E-state index contributed by atoms with van der Waals surface area (Å²) in [6.07, 6.45) is 1.14. The van der Waals surface area contributed by atoms with Crippen LogP contribution in [0.5, 0.6) is 0 Å². The number of hydrogen-bond acceptors (Lipinski definition) is 4. The van der Waals surface area contributed by atoms with E-state index < -0.39 is 23.1 Å². The van der Waals surface area contributed by atoms with Crippen LogP contribution in [-0.4, -0.2) is 52.5 Å². The highest BCUT2D eigenvalue weighted by molar-refractivity contribution is 5.80. The van der Waals surface area contributed by atoms with Crippen LogP contribution in [0.15, 0.2) is 48.5 Å². The molecule has 3 aliphatic rings. The molecule has 0 atom stereocenters. The fraction of sp³-hybridized carbons (Fsp3) is 0.417. The number of aliphatic hydroxyl groups is 1. The van der Waals surface area contributed by atoms with Crippen molar-refractivity contribution in [2.45, 2.75) is 37.2 Å². The van der Waals surface area contributed by atoms with Gasteiger partial charge < -0.3 is 19.8 Å². The van der Waals surface area contributed by atoms with Crippen LogP contribution < -0.4 is 0 Å². The van der Waals surface area contributed by atoms with Crippen molar-refractivity contribution in [3.8, 4) is 11.1 Å². The zero-order valence-corrected chi connectivity index (χ0v) is 16.7. The topological polar surface area (TPSA) is 87.1 Å². The summed E-state index contributed by atoms with van der Waals surface area (Å²) in [6, 6.07) is 16.4. The normalized spacial score (nSPS) is 20.9. The van der Waals surface area contributed by atoms with E-state index in [-0.39, 0.29) is 25.4 Å². The first-order valence-electron chi connectivity index (χ1n) is 10.5. The van der Waals surface area contributed by atoms with Crippen LogP contribution in [0.25, 0.3) is 11.1 Å². The Morgan fingerprint density at radius 3 is 1.97 bits per heavy atom. The number of ether oxygens (including phenoxy) is 1. The number of likely N-dealkylation sites (tertiary alicyclic amines) is 1. The van der Waals surface area contributed by atoms with Crippen LogP contribution in [0, 0.1) is 5.41 Å². The number of carboxylic acids is 1. The largest absolute Gasteiger partial charge is 0.481 e. The molecule has 1 saturated carbocycles. The number of carboxylic acid groups (broad SMARTS) is 1. The molecule has 0 spiro atoms. The maximum absolute atomic E-state index is 12.7. The number of benzene rings is 2. The van der Waals surface area contributed by atoms with Crippen LogP contribution in [0.1, 0.15) is 42.7 Å². The molecule has 0 radical (unpaired) electrons. The van der Waals surface area contributed by atoms with Crippen LogP contribution in [0.4, 0.5) is 4.79 Å². The first kappa shape index (κ1) is 19.1. The maximum atomic E-state index is 12.7. The molecule has 2 aromatic carbocycles. The van der Waals surface area contributed by atoms with Gasteiger partial charge in [0.2, 0.25) is 0 Å². The zero-order chi connectivity index (χ0) is 20.9. The van der Waals surface area contributed by atoms with E-state index >= 15 is 0 Å². The van der Waals surface area contributed by atoms with Crippen LogP contribution in [0.3, 0.4) is 0 Å². The van der Waals surface area contributed by atoms with Gasteiger partial charge in [0, 0.05) is 19.0 Å². The molecule has 1 amide bonds. The highest BCUT2D eigenvalue weighted by atomic mass is 16.6. The lowest BCUT2D eigenvalue weighted by atomic mass is 9.77. The lowest BCUT2D eigenvalue weighted by Gasteiger charge is -2.41. The van der Waals surface area contributed by atoms with Crippen molar-refractivity contribution < 1.29 is 24.5 Å². The Morgan fingerprint density at radius 1 is 0.933 bits per heavy atom. The molecule has 6 nitrogen and oxygen atoms in total. The Morgan fingerprint density at radius 2 is 1.47 bits per heavy atom. The molecule has 1 saturated heterocycles. The Kier molecular flexibility index (Phi) is 4.36. The Bertz CT molecular complexity index is 959. The lowest BCUT2D eigenvalue weighted by molar-refractivity contribution is -0.160. The first-order chi connectivity index (χ1) is 14.5. The van der Waals surface area contributed by atoms with Gasteiger partial charge in [-0.3, -0.25) is 4.79 Å². The first-order valence-corrected chi connectivity index (χ1v) is 10.5. The second-order valence-corrected chi connectivity index (χ2v) is 8.71. The van der Waals surface area contributed by atoms with E-state index in [1.807, 2.05) is 24.3 Å². The number of amides is 1. The molecular weight excluding hydrogens is 382 g/mol. The molecule has 30 heavy (non-hydrogen) atoms. The number of nitrogens with zero attached hydrogens (tertiary/aromatic N) is 1. The molecule has 0 unspecified atom stereocenters. The van der Waals surface area contributed by atoms with Gasteiger partial charge in [-0.05, 0) is 47.9 Å². The highest BCUT2D eigenvalue weighted by Gasteiger charge is 2.64. The van der Waals surface area contributed by atoms with Crippen LogP contribution in [0.2, 0.25) is 0 Å². The molecule has 1 heterocycles. The van der Waals surface area contributed by atoms with Gasteiger partial charge in [-0.25, -0.2) is 4.79 Å². The number of piperidine rings is 1. The van der Waals surface area contributed by atoms with Gasteiger partial charge in [0.05, 0.1) is 11.0 Å². The number of hydrogen-bond donors (Lipinski definition) is 2. The van der Waals surface area contributed by atoms with Gasteiger partial charge in [0.15, 0.2) is 0 Å². The Balaban J connectivity index is 1.24. The van der Waals surface area contributed by atoms with E-state index in [4.69, 9.17) is 4.74 Å². The molecular formula is C24H25NO5. The van der Waals surface area contributed by atoms with Gasteiger partial charge in [0.25, 0.3) is 0 Å². The standard InChI is InChI=1S/C24H25NO5/c26-21(27)23(9-10-23)24(29)11-13-25(14-12-24)22(28)30-15-20-18-7-3-1-5-16(18)17-6-2-4-8-19(17)20/h1-8,20,29H,9-15H2,(H,26,27). The van der Waals surface area contributed by atoms with Crippen LogP contribution >= 0.6 is 0 Å². The molecule has 1 aliphatic heterocycles. The quantitative estimate of drug-likeness (QED) is 0.808. The number of carbonyl (C=O) groups excluding carboxylic acids is 1. The Labute approximate surface area is 175 Å². The third kappa shape index (κ3) is 2.82. The van der Waals surface area contributed by atoms with Gasteiger partial charge in [0.1, 0.15) is 6.61 Å². The summed E-state index contributed by atoms with van der Waals surface area (Å²) in [5, 5.41) is 20.4. The number of aliphatic carboxylic acids is 1. The van der Waals surface area contributed by atoms with E-state index in [2.05, 4.69) is 24.3 Å². The van der Waals surface area contributed by atoms with Gasteiger partial charge in [-0.2, -0.15) is 0 Å². The summed E-state index contributed by atoms with van der Waals surface area (Å²) in [5.41, 5.74) is 2.42. The molecule has 2 aliphatic carbocycles. The molecule has 0 aromatic heterocycles. The van der Waals surface area contributed by atoms with Crippen LogP contribution in [-0.2, 0) is 9.53 Å². The SMILES string of the molecule is O=C(OCC1c2ccccc2-c2ccccc21)N1CCC(O)(C2(C(=O)O)CC2)CC1. The molecule has 0 bridgehead atoms. The Hall–Kier alpha value is -2.86. The predicted molar refractivity (Wildman–Crippen MR) is 110 cm³/mol. The summed E-state index contributed by atoms with van der Waals surface area (Å²) < 4.78 is 5.69. The van der Waals surface area contributed by atoms with Gasteiger partial charge in [-0.15, -0.1) is 0 Å². The monoisotopic (exact) mass is 407 g/mol. The van der Waals surface area contributed by atoms with Crippen molar-refractivity contribution in [3.05, 3.63) is 59.7 Å². The van der Waals surface area contributed by atoms with E-state index in [0.717, 1.165) is 11.1 Å². The van der Waals surface area contributed by atoms with Crippen molar-refractivity contribution >= 4 is 12.1 Å². The minimum Gasteiger partial charge on any atom is -0.481 e. The molecule has 6 heteroatoms. The molecule has 2 fully saturated rings. The summed E-state index contributed by atoms with van der Waals surface area (Å²) >= 11 is 0. The molecule has 2 N–H and O–H groups in total. The maximum Gasteiger partial charge on any atom is 0.409 e. The van der Waals surface area contributed by atoms with Crippen molar-refractivity contribution in [1.29, 1.82) is 0 Å². The summed E-state index contributed by atoms with van der Waals surface area (Å²) in [6.45, 7) is 0.872. The number of rotatable bonds is 4. The van der Waals surface area contributed by atoms with E-state index in [1.54, 1.807) is 4.90 Å². The summed E-state index contributed by atoms with van der Waals surface area (Å²) in [7, 11) is 0. The van der Waals surface area contributed by atoms with E-state index in [1.165, 1.54) is 11.1 Å². The highest BCUT2D eigenvalue weighted by Crippen LogP contribution is 2.57. The fourth-order valence-corrected chi connectivity index (χ4v) is 5.23. The average molecular weight is 407 g/mol. The molecule has 156 valence electrons. The van der Waals surface area contributed by atoms with E-state index in [9.17, 15) is 19.8 Å². The second-order valence-electron chi connectivity index (χ2n) is 8.71. The van der Waals surface area contributed by atoms with Crippen molar-refractivity contribution in [3.63, 3.8) is 0 Å². The van der Waals surface area contributed by atoms with E-state index in [0.29, 0.717) is 25.9 Å². The molecule has 2 aromatic rings. The second kappa shape index (κ2) is 6.84. The van der Waals surface area contributed by atoms with Crippen molar-refractivity contribution in [1.82, 2.24) is 4.90 Å². The third-order valence-electron chi connectivity index (χ3n) is 7.24. The average Bonchev–Trinajstić information content (AvgIpc) is 3.53. The predicted octanol–water partition coefficient (Wildman–Crippen LogP) is 3.63.